The molecule has 1 fully saturated rings. The highest BCUT2D eigenvalue weighted by Crippen LogP contribution is 2.12. The Kier molecular flexibility index (Phi) is 10.5. The van der Waals surface area contributed by atoms with Gasteiger partial charge in [0.05, 0.1) is 31.8 Å². The SMILES string of the molecule is C=C(C)C(=O)OCC(C)OCC(C)O.COC(=O)C(C)C1CN1. The molecule has 1 saturated heterocycles. The van der Waals surface area contributed by atoms with E-state index in [2.05, 4.69) is 16.6 Å². The second-order valence-electron chi connectivity index (χ2n) is 5.70. The Morgan fingerprint density at radius 2 is 1.87 bits per heavy atom. The maximum atomic E-state index is 11.0. The van der Waals surface area contributed by atoms with Crippen LogP contribution in [0.15, 0.2) is 12.2 Å². The Hall–Kier alpha value is -1.44. The van der Waals surface area contributed by atoms with Gasteiger partial charge in [-0.1, -0.05) is 13.5 Å². The molecule has 0 radical (unpaired) electrons. The minimum absolute atomic E-state index is 0.0231. The summed E-state index contributed by atoms with van der Waals surface area (Å²) in [7, 11) is 1.42. The molecular weight excluding hydrogens is 302 g/mol. The van der Waals surface area contributed by atoms with Gasteiger partial charge in [-0.2, -0.15) is 0 Å². The van der Waals surface area contributed by atoms with Crippen molar-refractivity contribution in [2.45, 2.75) is 45.9 Å². The molecule has 0 amide bonds. The Morgan fingerprint density at radius 3 is 2.26 bits per heavy atom. The molecule has 2 N–H and O–H groups in total. The number of aliphatic hydroxyl groups is 1. The third kappa shape index (κ3) is 10.8. The fraction of sp³-hybridized carbons (Fsp3) is 0.750. The third-order valence-corrected chi connectivity index (χ3v) is 3.04. The van der Waals surface area contributed by atoms with Crippen LogP contribution in [0, 0.1) is 5.92 Å². The zero-order chi connectivity index (χ0) is 18.0. The van der Waals surface area contributed by atoms with E-state index in [0.717, 1.165) is 6.54 Å². The van der Waals surface area contributed by atoms with Crippen molar-refractivity contribution < 1.29 is 28.9 Å². The van der Waals surface area contributed by atoms with Gasteiger partial charge in [-0.05, 0) is 20.8 Å². The maximum absolute atomic E-state index is 11.0. The fourth-order valence-electron chi connectivity index (χ4n) is 1.44. The first kappa shape index (κ1) is 21.6. The van der Waals surface area contributed by atoms with Crippen LogP contribution in [0.4, 0.5) is 0 Å². The van der Waals surface area contributed by atoms with E-state index in [1.807, 2.05) is 6.92 Å². The van der Waals surface area contributed by atoms with E-state index in [9.17, 15) is 9.59 Å². The maximum Gasteiger partial charge on any atom is 0.333 e. The second kappa shape index (κ2) is 11.2. The minimum atomic E-state index is -0.505. The van der Waals surface area contributed by atoms with Gasteiger partial charge >= 0.3 is 11.9 Å². The Balaban J connectivity index is 0.000000459. The molecule has 0 aromatic carbocycles. The summed E-state index contributed by atoms with van der Waals surface area (Å²) in [5.74, 6) is -0.516. The molecule has 1 aliphatic heterocycles. The van der Waals surface area contributed by atoms with Gasteiger partial charge in [-0.15, -0.1) is 0 Å². The predicted molar refractivity (Wildman–Crippen MR) is 85.8 cm³/mol. The molecular formula is C16H29NO6. The molecule has 1 aliphatic rings. The molecule has 1 rings (SSSR count). The second-order valence-corrected chi connectivity index (χ2v) is 5.70. The first-order chi connectivity index (χ1) is 10.7. The van der Waals surface area contributed by atoms with Crippen LogP contribution in [0.2, 0.25) is 0 Å². The van der Waals surface area contributed by atoms with Crippen LogP contribution in [0.25, 0.3) is 0 Å². The number of carbonyl (C=O) groups is 2. The van der Waals surface area contributed by atoms with Crippen molar-refractivity contribution in [3.8, 4) is 0 Å². The molecule has 0 spiro atoms. The van der Waals surface area contributed by atoms with Gasteiger partial charge in [-0.3, -0.25) is 4.79 Å². The molecule has 1 heterocycles. The van der Waals surface area contributed by atoms with Gasteiger partial charge in [-0.25, -0.2) is 4.79 Å². The first-order valence-electron chi connectivity index (χ1n) is 7.62. The number of carbonyl (C=O) groups excluding carboxylic acids is 2. The van der Waals surface area contributed by atoms with Crippen LogP contribution in [0.1, 0.15) is 27.7 Å². The van der Waals surface area contributed by atoms with Gasteiger partial charge in [0.15, 0.2) is 0 Å². The van der Waals surface area contributed by atoms with Gasteiger partial charge in [0.1, 0.15) is 6.61 Å². The van der Waals surface area contributed by atoms with Crippen LogP contribution < -0.4 is 5.32 Å². The number of nitrogens with one attached hydrogen (secondary N) is 1. The topological polar surface area (TPSA) is 104 Å². The smallest absolute Gasteiger partial charge is 0.333 e. The van der Waals surface area contributed by atoms with Crippen molar-refractivity contribution in [2.24, 2.45) is 5.92 Å². The van der Waals surface area contributed by atoms with E-state index < -0.39 is 12.1 Å². The highest BCUT2D eigenvalue weighted by molar-refractivity contribution is 5.86. The third-order valence-electron chi connectivity index (χ3n) is 3.04. The average molecular weight is 331 g/mol. The van der Waals surface area contributed by atoms with E-state index in [-0.39, 0.29) is 31.2 Å². The van der Waals surface area contributed by atoms with Crippen molar-refractivity contribution in [2.75, 3.05) is 26.9 Å². The number of esters is 2. The number of aliphatic hydroxyl groups excluding tert-OH is 1. The molecule has 134 valence electrons. The summed E-state index contributed by atoms with van der Waals surface area (Å²) in [6.45, 7) is 11.7. The van der Waals surface area contributed by atoms with Crippen molar-refractivity contribution >= 4 is 11.9 Å². The Labute approximate surface area is 138 Å². The summed E-state index contributed by atoms with van der Waals surface area (Å²) in [6.07, 6.45) is -0.720. The monoisotopic (exact) mass is 331 g/mol. The molecule has 0 aromatic rings. The number of ether oxygens (including phenoxy) is 3. The number of methoxy groups -OCH3 is 1. The zero-order valence-electron chi connectivity index (χ0n) is 14.6. The Morgan fingerprint density at radius 1 is 1.30 bits per heavy atom. The van der Waals surface area contributed by atoms with E-state index in [1.165, 1.54) is 7.11 Å². The van der Waals surface area contributed by atoms with Crippen LogP contribution in [-0.4, -0.2) is 62.2 Å². The summed E-state index contributed by atoms with van der Waals surface area (Å²) in [4.78, 5) is 21.7. The molecule has 0 bridgehead atoms. The fourth-order valence-corrected chi connectivity index (χ4v) is 1.44. The summed E-state index contributed by atoms with van der Waals surface area (Å²) in [6, 6.07) is 0.373. The van der Waals surface area contributed by atoms with Gasteiger partial charge in [0.2, 0.25) is 0 Å². The highest BCUT2D eigenvalue weighted by Gasteiger charge is 2.32. The number of rotatable bonds is 8. The predicted octanol–water partition coefficient (Wildman–Crippen LogP) is 0.659. The standard InChI is InChI=1S/C10H18O4.C6H11NO2/c1-7(2)10(12)14-6-9(4)13-5-8(3)11;1-4(5-3-7-5)6(8)9-2/h8-9,11H,1,5-6H2,2-4H3;4-5,7H,3H2,1-2H3. The van der Waals surface area contributed by atoms with E-state index in [1.54, 1.807) is 20.8 Å². The van der Waals surface area contributed by atoms with Crippen LogP contribution >= 0.6 is 0 Å². The van der Waals surface area contributed by atoms with Crippen molar-refractivity contribution in [3.63, 3.8) is 0 Å². The van der Waals surface area contributed by atoms with E-state index in [0.29, 0.717) is 11.6 Å². The van der Waals surface area contributed by atoms with Crippen LogP contribution in [0.5, 0.6) is 0 Å². The number of hydrogen-bond donors (Lipinski definition) is 2. The molecule has 0 saturated carbocycles. The average Bonchev–Trinajstić information content (AvgIpc) is 3.34. The molecule has 7 heteroatoms. The first-order valence-corrected chi connectivity index (χ1v) is 7.62. The molecule has 4 atom stereocenters. The summed E-state index contributed by atoms with van der Waals surface area (Å²) >= 11 is 0. The molecule has 7 nitrogen and oxygen atoms in total. The number of hydrogen-bond acceptors (Lipinski definition) is 7. The molecule has 23 heavy (non-hydrogen) atoms. The van der Waals surface area contributed by atoms with Crippen molar-refractivity contribution in [3.05, 3.63) is 12.2 Å². The lowest BCUT2D eigenvalue weighted by Gasteiger charge is -2.14. The van der Waals surface area contributed by atoms with Gasteiger partial charge in [0.25, 0.3) is 0 Å². The summed E-state index contributed by atoms with van der Waals surface area (Å²) < 4.78 is 14.6. The highest BCUT2D eigenvalue weighted by atomic mass is 16.6. The summed E-state index contributed by atoms with van der Waals surface area (Å²) in [5.41, 5.74) is 0.368. The minimum Gasteiger partial charge on any atom is -0.469 e. The van der Waals surface area contributed by atoms with Gasteiger partial charge < -0.3 is 24.6 Å². The zero-order valence-corrected chi connectivity index (χ0v) is 14.6. The normalized spacial score (nSPS) is 19.5. The molecule has 0 aromatic heterocycles. The lowest BCUT2D eigenvalue weighted by atomic mass is 10.1. The van der Waals surface area contributed by atoms with Crippen LogP contribution in [-0.2, 0) is 23.8 Å². The van der Waals surface area contributed by atoms with Gasteiger partial charge in [0, 0.05) is 18.2 Å². The Bertz CT molecular complexity index is 392. The van der Waals surface area contributed by atoms with Crippen molar-refractivity contribution in [1.29, 1.82) is 0 Å². The van der Waals surface area contributed by atoms with E-state index >= 15 is 0 Å². The lowest BCUT2D eigenvalue weighted by Crippen LogP contribution is -2.23. The largest absolute Gasteiger partial charge is 0.469 e. The lowest BCUT2D eigenvalue weighted by molar-refractivity contribution is -0.145. The summed E-state index contributed by atoms with van der Waals surface area (Å²) in [5, 5.41) is 12.0. The van der Waals surface area contributed by atoms with E-state index in [4.69, 9.17) is 14.6 Å². The quantitative estimate of drug-likeness (QED) is 0.382. The molecule has 0 aliphatic carbocycles. The van der Waals surface area contributed by atoms with Crippen molar-refractivity contribution in [1.82, 2.24) is 5.32 Å². The van der Waals surface area contributed by atoms with Crippen LogP contribution in [0.3, 0.4) is 0 Å². The molecule has 4 unspecified atom stereocenters.